The summed E-state index contributed by atoms with van der Waals surface area (Å²) in [5.41, 5.74) is 1.14. The second-order valence-electron chi connectivity index (χ2n) is 6.05. The zero-order valence-corrected chi connectivity index (χ0v) is 14.1. The standard InChI is InChI=1S/C17H18F2N6O/c1-26-13-7-15-21-9-12(25(15)24-16(13)17(18)19)11-3-2-4-14(23-11)22-10-5-6-20-8-10/h2-4,7,9-10,17,20H,5-6,8H2,1H3,(H,22,23). The van der Waals surface area contributed by atoms with Crippen LogP contribution in [-0.2, 0) is 0 Å². The molecular weight excluding hydrogens is 342 g/mol. The molecule has 1 atom stereocenters. The summed E-state index contributed by atoms with van der Waals surface area (Å²) in [5.74, 6) is 0.746. The Morgan fingerprint density at radius 3 is 3.00 bits per heavy atom. The number of aromatic nitrogens is 4. The molecule has 0 aromatic carbocycles. The maximum absolute atomic E-state index is 13.3. The summed E-state index contributed by atoms with van der Waals surface area (Å²) in [5, 5.41) is 10.7. The van der Waals surface area contributed by atoms with Gasteiger partial charge in [0.1, 0.15) is 11.5 Å². The highest BCUT2D eigenvalue weighted by Crippen LogP contribution is 2.29. The predicted molar refractivity (Wildman–Crippen MR) is 92.6 cm³/mol. The van der Waals surface area contributed by atoms with Gasteiger partial charge in [0.25, 0.3) is 6.43 Å². The summed E-state index contributed by atoms with van der Waals surface area (Å²) in [4.78, 5) is 8.83. The third-order valence-electron chi connectivity index (χ3n) is 4.34. The first-order valence-corrected chi connectivity index (χ1v) is 8.31. The van der Waals surface area contributed by atoms with Crippen molar-refractivity contribution in [3.05, 3.63) is 36.2 Å². The maximum atomic E-state index is 13.3. The fourth-order valence-corrected chi connectivity index (χ4v) is 3.05. The van der Waals surface area contributed by atoms with E-state index in [0.717, 1.165) is 25.3 Å². The van der Waals surface area contributed by atoms with Gasteiger partial charge in [-0.15, -0.1) is 0 Å². The van der Waals surface area contributed by atoms with Crippen molar-refractivity contribution in [3.8, 4) is 17.1 Å². The van der Waals surface area contributed by atoms with Crippen LogP contribution in [0.5, 0.6) is 5.75 Å². The number of methoxy groups -OCH3 is 1. The largest absolute Gasteiger partial charge is 0.494 e. The first-order chi connectivity index (χ1) is 12.7. The molecule has 1 aliphatic heterocycles. The summed E-state index contributed by atoms with van der Waals surface area (Å²) < 4.78 is 32.9. The highest BCUT2D eigenvalue weighted by atomic mass is 19.3. The molecule has 1 saturated heterocycles. The average Bonchev–Trinajstić information content (AvgIpc) is 3.29. The van der Waals surface area contributed by atoms with Gasteiger partial charge in [-0.2, -0.15) is 5.10 Å². The molecular formula is C17H18F2N6O. The van der Waals surface area contributed by atoms with Gasteiger partial charge >= 0.3 is 0 Å². The molecule has 7 nitrogen and oxygen atoms in total. The van der Waals surface area contributed by atoms with Crippen LogP contribution in [0.4, 0.5) is 14.6 Å². The second-order valence-corrected chi connectivity index (χ2v) is 6.05. The molecule has 0 radical (unpaired) electrons. The summed E-state index contributed by atoms with van der Waals surface area (Å²) in [6, 6.07) is 7.32. The van der Waals surface area contributed by atoms with Crippen molar-refractivity contribution in [2.24, 2.45) is 0 Å². The number of anilines is 1. The number of halogens is 2. The molecule has 0 saturated carbocycles. The monoisotopic (exact) mass is 360 g/mol. The van der Waals surface area contributed by atoms with Crippen LogP contribution in [0.2, 0.25) is 0 Å². The summed E-state index contributed by atoms with van der Waals surface area (Å²) in [6.07, 6.45) is -0.152. The summed E-state index contributed by atoms with van der Waals surface area (Å²) >= 11 is 0. The fourth-order valence-electron chi connectivity index (χ4n) is 3.05. The maximum Gasteiger partial charge on any atom is 0.285 e. The minimum atomic E-state index is -2.75. The van der Waals surface area contributed by atoms with Gasteiger partial charge in [-0.3, -0.25) is 0 Å². The van der Waals surface area contributed by atoms with Crippen molar-refractivity contribution in [1.82, 2.24) is 24.9 Å². The third kappa shape index (κ3) is 3.05. The number of nitrogens with zero attached hydrogens (tertiary/aromatic N) is 4. The van der Waals surface area contributed by atoms with Crippen LogP contribution in [0.25, 0.3) is 17.0 Å². The quantitative estimate of drug-likeness (QED) is 0.728. The normalized spacial score (nSPS) is 17.2. The number of pyridine rings is 1. The molecule has 0 spiro atoms. The lowest BCUT2D eigenvalue weighted by atomic mass is 10.2. The van der Waals surface area contributed by atoms with Gasteiger partial charge in [0.15, 0.2) is 17.1 Å². The molecule has 1 fully saturated rings. The van der Waals surface area contributed by atoms with E-state index in [9.17, 15) is 8.78 Å². The minimum absolute atomic E-state index is 0.0155. The van der Waals surface area contributed by atoms with E-state index in [1.54, 1.807) is 12.3 Å². The van der Waals surface area contributed by atoms with Crippen LogP contribution < -0.4 is 15.4 Å². The molecule has 2 N–H and O–H groups in total. The molecule has 26 heavy (non-hydrogen) atoms. The van der Waals surface area contributed by atoms with Crippen LogP contribution in [0.1, 0.15) is 18.5 Å². The topological polar surface area (TPSA) is 76.4 Å². The van der Waals surface area contributed by atoms with Crippen molar-refractivity contribution >= 4 is 11.5 Å². The molecule has 1 aliphatic rings. The van der Waals surface area contributed by atoms with E-state index < -0.39 is 12.1 Å². The van der Waals surface area contributed by atoms with Crippen molar-refractivity contribution in [2.75, 3.05) is 25.5 Å². The van der Waals surface area contributed by atoms with Crippen molar-refractivity contribution in [2.45, 2.75) is 18.9 Å². The van der Waals surface area contributed by atoms with Gasteiger partial charge in [0.05, 0.1) is 19.0 Å². The van der Waals surface area contributed by atoms with Gasteiger partial charge in [-0.05, 0) is 25.1 Å². The highest BCUT2D eigenvalue weighted by Gasteiger charge is 2.20. The van der Waals surface area contributed by atoms with Gasteiger partial charge in [0, 0.05) is 18.7 Å². The highest BCUT2D eigenvalue weighted by molar-refractivity contribution is 5.62. The van der Waals surface area contributed by atoms with E-state index in [1.165, 1.54) is 17.7 Å². The lowest BCUT2D eigenvalue weighted by Gasteiger charge is -2.13. The first kappa shape index (κ1) is 16.6. The minimum Gasteiger partial charge on any atom is -0.494 e. The average molecular weight is 360 g/mol. The number of rotatable bonds is 5. The third-order valence-corrected chi connectivity index (χ3v) is 4.34. The van der Waals surface area contributed by atoms with Gasteiger partial charge in [-0.1, -0.05) is 6.07 Å². The van der Waals surface area contributed by atoms with E-state index >= 15 is 0 Å². The van der Waals surface area contributed by atoms with Crippen LogP contribution in [0.3, 0.4) is 0 Å². The molecule has 1 unspecified atom stereocenters. The lowest BCUT2D eigenvalue weighted by Crippen LogP contribution is -2.22. The molecule has 3 aromatic heterocycles. The van der Waals surface area contributed by atoms with E-state index in [-0.39, 0.29) is 5.75 Å². The van der Waals surface area contributed by atoms with Crippen molar-refractivity contribution in [1.29, 1.82) is 0 Å². The summed E-state index contributed by atoms with van der Waals surface area (Å²) in [6.45, 7) is 1.87. The Balaban J connectivity index is 1.73. The Bertz CT molecular complexity index is 923. The van der Waals surface area contributed by atoms with Crippen molar-refractivity contribution < 1.29 is 13.5 Å². The van der Waals surface area contributed by atoms with Gasteiger partial charge in [-0.25, -0.2) is 23.3 Å². The molecule has 4 heterocycles. The summed E-state index contributed by atoms with van der Waals surface area (Å²) in [7, 11) is 1.33. The molecule has 0 aliphatic carbocycles. The Kier molecular flexibility index (Phi) is 4.37. The van der Waals surface area contributed by atoms with Crippen LogP contribution in [-0.4, -0.2) is 45.8 Å². The van der Waals surface area contributed by atoms with Crippen LogP contribution >= 0.6 is 0 Å². The van der Waals surface area contributed by atoms with E-state index in [4.69, 9.17) is 4.74 Å². The SMILES string of the molecule is COc1cc2ncc(-c3cccc(NC4CCNC4)n3)n2nc1C(F)F. The Morgan fingerprint density at radius 1 is 1.38 bits per heavy atom. The molecule has 9 heteroatoms. The number of alkyl halides is 2. The molecule has 0 amide bonds. The number of fused-ring (bicyclic) bond motifs is 1. The molecule has 0 bridgehead atoms. The zero-order chi connectivity index (χ0) is 18.1. The number of nitrogens with one attached hydrogen (secondary N) is 2. The van der Waals surface area contributed by atoms with E-state index in [2.05, 4.69) is 25.7 Å². The second kappa shape index (κ2) is 6.83. The smallest absolute Gasteiger partial charge is 0.285 e. The first-order valence-electron chi connectivity index (χ1n) is 8.31. The predicted octanol–water partition coefficient (Wildman–Crippen LogP) is 2.51. The van der Waals surface area contributed by atoms with Crippen LogP contribution in [0, 0.1) is 0 Å². The van der Waals surface area contributed by atoms with Gasteiger partial charge in [0.2, 0.25) is 0 Å². The van der Waals surface area contributed by atoms with E-state index in [1.807, 2.05) is 12.1 Å². The Hall–Kier alpha value is -2.81. The number of hydrogen-bond acceptors (Lipinski definition) is 6. The number of hydrogen-bond donors (Lipinski definition) is 2. The lowest BCUT2D eigenvalue weighted by molar-refractivity contribution is 0.139. The molecule has 4 rings (SSSR count). The molecule has 136 valence electrons. The number of ether oxygens (including phenoxy) is 1. The fraction of sp³-hybridized carbons (Fsp3) is 0.353. The number of imidazole rings is 1. The Morgan fingerprint density at radius 2 is 2.27 bits per heavy atom. The van der Waals surface area contributed by atoms with Crippen molar-refractivity contribution in [3.63, 3.8) is 0 Å². The Labute approximate surface area is 148 Å². The van der Waals surface area contributed by atoms with Gasteiger partial charge < -0.3 is 15.4 Å². The molecule has 3 aromatic rings. The zero-order valence-electron chi connectivity index (χ0n) is 14.1. The van der Waals surface area contributed by atoms with Crippen LogP contribution in [0.15, 0.2) is 30.5 Å². The van der Waals surface area contributed by atoms with E-state index in [0.29, 0.717) is 23.1 Å².